The molecular weight excluding hydrogens is 280 g/mol. The van der Waals surface area contributed by atoms with E-state index in [1.165, 1.54) is 17.3 Å². The summed E-state index contributed by atoms with van der Waals surface area (Å²) in [5, 5.41) is 14.7. The highest BCUT2D eigenvalue weighted by molar-refractivity contribution is 6.03. The Morgan fingerprint density at radius 1 is 1.09 bits per heavy atom. The number of rotatable bonds is 3. The zero-order valence-electron chi connectivity index (χ0n) is 12.2. The predicted molar refractivity (Wildman–Crippen MR) is 80.8 cm³/mol. The van der Waals surface area contributed by atoms with E-state index in [9.17, 15) is 4.79 Å². The highest BCUT2D eigenvalue weighted by Gasteiger charge is 2.12. The molecule has 0 fully saturated rings. The SMILES string of the molecule is Cc1cccc(C)c1NC(=O)c1ccc(-n2cncn2)nn1. The normalized spacial score (nSPS) is 10.5. The van der Waals surface area contributed by atoms with Crippen LogP contribution in [0.2, 0.25) is 0 Å². The minimum atomic E-state index is -0.296. The van der Waals surface area contributed by atoms with Crippen molar-refractivity contribution >= 4 is 11.6 Å². The summed E-state index contributed by atoms with van der Waals surface area (Å²) in [7, 11) is 0. The number of nitrogens with zero attached hydrogens (tertiary/aromatic N) is 5. The number of anilines is 1. The monoisotopic (exact) mass is 294 g/mol. The van der Waals surface area contributed by atoms with Crippen molar-refractivity contribution in [3.8, 4) is 5.82 Å². The van der Waals surface area contributed by atoms with Crippen LogP contribution in [0.3, 0.4) is 0 Å². The van der Waals surface area contributed by atoms with Crippen molar-refractivity contribution in [3.63, 3.8) is 0 Å². The summed E-state index contributed by atoms with van der Waals surface area (Å²) in [6, 6.07) is 9.12. The Kier molecular flexibility index (Phi) is 3.61. The molecule has 1 aromatic carbocycles. The molecule has 22 heavy (non-hydrogen) atoms. The number of para-hydroxylation sites is 1. The second kappa shape index (κ2) is 5.72. The predicted octanol–water partition coefficient (Wildman–Crippen LogP) is 1.93. The van der Waals surface area contributed by atoms with Gasteiger partial charge in [0, 0.05) is 5.69 Å². The van der Waals surface area contributed by atoms with Crippen LogP contribution in [0, 0.1) is 13.8 Å². The van der Waals surface area contributed by atoms with Gasteiger partial charge in [0.2, 0.25) is 0 Å². The summed E-state index contributed by atoms with van der Waals surface area (Å²) >= 11 is 0. The van der Waals surface area contributed by atoms with Gasteiger partial charge >= 0.3 is 0 Å². The molecule has 110 valence electrons. The zero-order chi connectivity index (χ0) is 15.5. The third kappa shape index (κ3) is 2.69. The zero-order valence-corrected chi connectivity index (χ0v) is 12.2. The van der Waals surface area contributed by atoms with Gasteiger partial charge in [-0.15, -0.1) is 10.2 Å². The van der Waals surface area contributed by atoms with Gasteiger partial charge in [0.1, 0.15) is 12.7 Å². The van der Waals surface area contributed by atoms with Crippen LogP contribution in [0.15, 0.2) is 43.0 Å². The molecule has 0 saturated carbocycles. The molecule has 7 nitrogen and oxygen atoms in total. The summed E-state index contributed by atoms with van der Waals surface area (Å²) in [5.41, 5.74) is 3.04. The Morgan fingerprint density at radius 3 is 2.45 bits per heavy atom. The van der Waals surface area contributed by atoms with E-state index in [1.54, 1.807) is 12.1 Å². The maximum absolute atomic E-state index is 12.3. The standard InChI is InChI=1S/C15H14N6O/c1-10-4-3-5-11(2)14(10)18-15(22)12-6-7-13(20-19-12)21-9-16-8-17-21/h3-9H,1-2H3,(H,18,22). The van der Waals surface area contributed by atoms with Crippen LogP contribution < -0.4 is 5.32 Å². The van der Waals surface area contributed by atoms with Gasteiger partial charge in [-0.2, -0.15) is 5.10 Å². The number of nitrogens with one attached hydrogen (secondary N) is 1. The number of carbonyl (C=O) groups excluding carboxylic acids is 1. The van der Waals surface area contributed by atoms with Crippen molar-refractivity contribution in [2.75, 3.05) is 5.32 Å². The van der Waals surface area contributed by atoms with E-state index in [0.29, 0.717) is 5.82 Å². The van der Waals surface area contributed by atoms with E-state index in [2.05, 4.69) is 25.6 Å². The van der Waals surface area contributed by atoms with Crippen molar-refractivity contribution in [3.05, 3.63) is 59.8 Å². The first-order valence-corrected chi connectivity index (χ1v) is 6.71. The second-order valence-electron chi connectivity index (χ2n) is 4.84. The number of amides is 1. The van der Waals surface area contributed by atoms with Crippen molar-refractivity contribution in [1.82, 2.24) is 25.0 Å². The number of aromatic nitrogens is 5. The molecule has 1 amide bonds. The lowest BCUT2D eigenvalue weighted by atomic mass is 10.1. The summed E-state index contributed by atoms with van der Waals surface area (Å²) in [6.07, 6.45) is 2.92. The Hall–Kier alpha value is -3.09. The Morgan fingerprint density at radius 2 is 1.86 bits per heavy atom. The highest BCUT2D eigenvalue weighted by atomic mass is 16.1. The minimum absolute atomic E-state index is 0.242. The number of aryl methyl sites for hydroxylation is 2. The van der Waals surface area contributed by atoms with Crippen LogP contribution >= 0.6 is 0 Å². The molecule has 0 saturated heterocycles. The van der Waals surface area contributed by atoms with E-state index in [4.69, 9.17) is 0 Å². The van der Waals surface area contributed by atoms with Crippen molar-refractivity contribution in [2.45, 2.75) is 13.8 Å². The minimum Gasteiger partial charge on any atom is -0.320 e. The third-order valence-electron chi connectivity index (χ3n) is 3.26. The Labute approximate surface area is 127 Å². The molecule has 0 atom stereocenters. The van der Waals surface area contributed by atoms with Crippen LogP contribution in [0.5, 0.6) is 0 Å². The van der Waals surface area contributed by atoms with Gasteiger partial charge in [-0.05, 0) is 37.1 Å². The van der Waals surface area contributed by atoms with Crippen LogP contribution in [-0.4, -0.2) is 30.9 Å². The van der Waals surface area contributed by atoms with E-state index < -0.39 is 0 Å². The first-order chi connectivity index (χ1) is 10.6. The summed E-state index contributed by atoms with van der Waals surface area (Å²) in [6.45, 7) is 3.89. The maximum Gasteiger partial charge on any atom is 0.276 e. The average molecular weight is 294 g/mol. The van der Waals surface area contributed by atoms with Gasteiger partial charge < -0.3 is 5.32 Å². The lowest BCUT2D eigenvalue weighted by molar-refractivity contribution is 0.102. The highest BCUT2D eigenvalue weighted by Crippen LogP contribution is 2.20. The smallest absolute Gasteiger partial charge is 0.276 e. The van der Waals surface area contributed by atoms with E-state index >= 15 is 0 Å². The largest absolute Gasteiger partial charge is 0.320 e. The number of benzene rings is 1. The number of hydrogen-bond acceptors (Lipinski definition) is 5. The van der Waals surface area contributed by atoms with Crippen LogP contribution in [-0.2, 0) is 0 Å². The fourth-order valence-corrected chi connectivity index (χ4v) is 2.08. The third-order valence-corrected chi connectivity index (χ3v) is 3.26. The molecule has 0 spiro atoms. The summed E-state index contributed by atoms with van der Waals surface area (Å²) in [4.78, 5) is 16.1. The van der Waals surface area contributed by atoms with Gasteiger partial charge in [-0.3, -0.25) is 4.79 Å². The molecule has 0 aliphatic heterocycles. The molecule has 0 aliphatic carbocycles. The van der Waals surface area contributed by atoms with Crippen molar-refractivity contribution in [2.24, 2.45) is 0 Å². The molecule has 2 aromatic heterocycles. The van der Waals surface area contributed by atoms with Crippen molar-refractivity contribution < 1.29 is 4.79 Å². The fraction of sp³-hybridized carbons (Fsp3) is 0.133. The second-order valence-corrected chi connectivity index (χ2v) is 4.84. The van der Waals surface area contributed by atoms with E-state index in [-0.39, 0.29) is 11.6 Å². The van der Waals surface area contributed by atoms with Crippen LogP contribution in [0.25, 0.3) is 5.82 Å². The fourth-order valence-electron chi connectivity index (χ4n) is 2.08. The quantitative estimate of drug-likeness (QED) is 0.797. The first kappa shape index (κ1) is 13.9. The lowest BCUT2D eigenvalue weighted by Crippen LogP contribution is -2.16. The topological polar surface area (TPSA) is 85.6 Å². The van der Waals surface area contributed by atoms with Gasteiger partial charge in [-0.25, -0.2) is 9.67 Å². The molecule has 0 radical (unpaired) electrons. The molecule has 1 N–H and O–H groups in total. The van der Waals surface area contributed by atoms with E-state index in [0.717, 1.165) is 16.8 Å². The Bertz CT molecular complexity index is 775. The van der Waals surface area contributed by atoms with Gasteiger partial charge in [0.15, 0.2) is 11.5 Å². The molecule has 0 bridgehead atoms. The van der Waals surface area contributed by atoms with Gasteiger partial charge in [-0.1, -0.05) is 18.2 Å². The molecule has 3 aromatic rings. The lowest BCUT2D eigenvalue weighted by Gasteiger charge is -2.10. The van der Waals surface area contributed by atoms with Crippen LogP contribution in [0.1, 0.15) is 21.6 Å². The molecule has 0 unspecified atom stereocenters. The van der Waals surface area contributed by atoms with Gasteiger partial charge in [0.05, 0.1) is 0 Å². The first-order valence-electron chi connectivity index (χ1n) is 6.71. The maximum atomic E-state index is 12.3. The molecule has 0 aliphatic rings. The van der Waals surface area contributed by atoms with Crippen LogP contribution in [0.4, 0.5) is 5.69 Å². The van der Waals surface area contributed by atoms with Crippen molar-refractivity contribution in [1.29, 1.82) is 0 Å². The summed E-state index contributed by atoms with van der Waals surface area (Å²) in [5.74, 6) is 0.205. The number of carbonyl (C=O) groups is 1. The molecule has 2 heterocycles. The molecular formula is C15H14N6O. The molecule has 3 rings (SSSR count). The Balaban J connectivity index is 1.81. The van der Waals surface area contributed by atoms with E-state index in [1.807, 2.05) is 32.0 Å². The molecule has 7 heteroatoms. The van der Waals surface area contributed by atoms with Gasteiger partial charge in [0.25, 0.3) is 5.91 Å². The average Bonchev–Trinajstić information content (AvgIpc) is 3.05. The number of hydrogen-bond donors (Lipinski definition) is 1. The summed E-state index contributed by atoms with van der Waals surface area (Å²) < 4.78 is 1.47.